The first-order valence-electron chi connectivity index (χ1n) is 6.25. The van der Waals surface area contributed by atoms with Gasteiger partial charge in [-0.05, 0) is 33.4 Å². The van der Waals surface area contributed by atoms with E-state index >= 15 is 0 Å². The van der Waals surface area contributed by atoms with Crippen LogP contribution in [0.3, 0.4) is 0 Å². The van der Waals surface area contributed by atoms with E-state index in [1.165, 1.54) is 0 Å². The van der Waals surface area contributed by atoms with Gasteiger partial charge in [0.2, 0.25) is 0 Å². The Morgan fingerprint density at radius 1 is 1.56 bits per heavy atom. The number of thioether (sulfide) groups is 1. The molecular weight excluding hydrogens is 361 g/mol. The van der Waals surface area contributed by atoms with E-state index in [2.05, 4.69) is 42.2 Å². The number of guanidine groups is 1. The normalized spacial score (nSPS) is 20.8. The number of likely N-dealkylation sites (tertiary alicyclic amines) is 1. The van der Waals surface area contributed by atoms with Crippen LogP contribution in [-0.2, 0) is 0 Å². The van der Waals surface area contributed by atoms with Crippen LogP contribution in [0.1, 0.15) is 27.2 Å². The van der Waals surface area contributed by atoms with Crippen molar-refractivity contribution in [1.82, 2.24) is 10.2 Å². The van der Waals surface area contributed by atoms with Gasteiger partial charge in [-0.3, -0.25) is 4.99 Å². The van der Waals surface area contributed by atoms with E-state index in [0.29, 0.717) is 6.54 Å². The van der Waals surface area contributed by atoms with Gasteiger partial charge in [-0.2, -0.15) is 11.8 Å². The van der Waals surface area contributed by atoms with Crippen LogP contribution >= 0.6 is 35.7 Å². The number of β-amino-alcohol motifs (C(OH)–C–C–N with tert-alkyl or cyclic N) is 1. The molecule has 1 heterocycles. The molecular formula is C12H26IN3OS. The molecule has 0 radical (unpaired) electrons. The third-order valence-corrected chi connectivity index (χ3v) is 4.19. The first kappa shape index (κ1) is 18.3. The zero-order chi connectivity index (χ0) is 12.9. The number of aliphatic imine (C=N–C) groups is 1. The minimum atomic E-state index is -0.201. The Kier molecular flexibility index (Phi) is 8.62. The molecule has 4 nitrogen and oxygen atoms in total. The molecule has 108 valence electrons. The average Bonchev–Trinajstić information content (AvgIpc) is 2.71. The molecule has 2 N–H and O–H groups in total. The maximum atomic E-state index is 9.56. The van der Waals surface area contributed by atoms with Gasteiger partial charge in [0.15, 0.2) is 5.96 Å². The van der Waals surface area contributed by atoms with Crippen LogP contribution in [0.25, 0.3) is 0 Å². The fraction of sp³-hybridized carbons (Fsp3) is 0.917. The second-order valence-electron chi connectivity index (χ2n) is 5.02. The minimum Gasteiger partial charge on any atom is -0.391 e. The van der Waals surface area contributed by atoms with Crippen molar-refractivity contribution in [3.8, 4) is 0 Å². The Balaban J connectivity index is 0.00000289. The lowest BCUT2D eigenvalue weighted by Gasteiger charge is -2.24. The summed E-state index contributed by atoms with van der Waals surface area (Å²) in [4.78, 5) is 6.82. The first-order chi connectivity index (χ1) is 7.98. The molecule has 0 saturated carbocycles. The van der Waals surface area contributed by atoms with E-state index in [0.717, 1.165) is 32.0 Å². The van der Waals surface area contributed by atoms with Crippen LogP contribution in [-0.4, -0.2) is 59.3 Å². The van der Waals surface area contributed by atoms with Crippen molar-refractivity contribution in [2.45, 2.75) is 38.0 Å². The summed E-state index contributed by atoms with van der Waals surface area (Å²) in [6.07, 6.45) is 2.76. The van der Waals surface area contributed by atoms with Crippen molar-refractivity contribution in [2.75, 3.05) is 32.4 Å². The SMILES string of the molecule is CCNC(=NCC(C)(C)SC)N1CC[C@@H](O)C1.I. The molecule has 18 heavy (non-hydrogen) atoms. The third kappa shape index (κ3) is 5.97. The highest BCUT2D eigenvalue weighted by molar-refractivity contribution is 14.0. The first-order valence-corrected chi connectivity index (χ1v) is 7.47. The molecule has 1 saturated heterocycles. The third-order valence-electron chi connectivity index (χ3n) is 2.96. The lowest BCUT2D eigenvalue weighted by atomic mass is 10.2. The molecule has 0 aromatic carbocycles. The summed E-state index contributed by atoms with van der Waals surface area (Å²) in [6.45, 7) is 9.72. The van der Waals surface area contributed by atoms with E-state index in [1.54, 1.807) is 0 Å². The van der Waals surface area contributed by atoms with Gasteiger partial charge in [0.05, 0.1) is 12.6 Å². The highest BCUT2D eigenvalue weighted by atomic mass is 127. The molecule has 0 aromatic rings. The van der Waals surface area contributed by atoms with Crippen molar-refractivity contribution in [3.63, 3.8) is 0 Å². The average molecular weight is 387 g/mol. The summed E-state index contributed by atoms with van der Waals surface area (Å²) in [5, 5.41) is 12.9. The summed E-state index contributed by atoms with van der Waals surface area (Å²) < 4.78 is 0.166. The van der Waals surface area contributed by atoms with Crippen molar-refractivity contribution < 1.29 is 5.11 Å². The Morgan fingerprint density at radius 3 is 2.67 bits per heavy atom. The molecule has 1 rings (SSSR count). The van der Waals surface area contributed by atoms with E-state index in [1.807, 2.05) is 11.8 Å². The fourth-order valence-electron chi connectivity index (χ4n) is 1.69. The van der Waals surface area contributed by atoms with Crippen LogP contribution < -0.4 is 5.32 Å². The van der Waals surface area contributed by atoms with Crippen LogP contribution in [0.15, 0.2) is 4.99 Å². The number of aliphatic hydroxyl groups is 1. The number of rotatable bonds is 4. The summed E-state index contributed by atoms with van der Waals surface area (Å²) in [5.41, 5.74) is 0. The van der Waals surface area contributed by atoms with Gasteiger partial charge < -0.3 is 15.3 Å². The van der Waals surface area contributed by atoms with Crippen LogP contribution in [0, 0.1) is 0 Å². The van der Waals surface area contributed by atoms with Gasteiger partial charge in [0, 0.05) is 24.4 Å². The van der Waals surface area contributed by atoms with Gasteiger partial charge in [0.25, 0.3) is 0 Å². The van der Waals surface area contributed by atoms with E-state index in [-0.39, 0.29) is 34.8 Å². The monoisotopic (exact) mass is 387 g/mol. The fourth-order valence-corrected chi connectivity index (χ4v) is 1.88. The molecule has 1 atom stereocenters. The standard InChI is InChI=1S/C12H25N3OS.HI/c1-5-13-11(14-9-12(2,3)17-4)15-7-6-10(16)8-15;/h10,16H,5-9H2,1-4H3,(H,13,14);1H/t10-;/m1./s1. The van der Waals surface area contributed by atoms with E-state index in [4.69, 9.17) is 0 Å². The van der Waals surface area contributed by atoms with E-state index in [9.17, 15) is 5.11 Å². The van der Waals surface area contributed by atoms with Gasteiger partial charge in [-0.1, -0.05) is 0 Å². The van der Waals surface area contributed by atoms with Crippen LogP contribution in [0.5, 0.6) is 0 Å². The Hall–Kier alpha value is 0.310. The molecule has 6 heteroatoms. The van der Waals surface area contributed by atoms with E-state index < -0.39 is 0 Å². The highest BCUT2D eigenvalue weighted by Crippen LogP contribution is 2.21. The Morgan fingerprint density at radius 2 is 2.22 bits per heavy atom. The van der Waals surface area contributed by atoms with Crippen molar-refractivity contribution in [3.05, 3.63) is 0 Å². The quantitative estimate of drug-likeness (QED) is 0.439. The predicted octanol–water partition coefficient (Wildman–Crippen LogP) is 1.78. The number of nitrogens with zero attached hydrogens (tertiary/aromatic N) is 2. The number of hydrogen-bond donors (Lipinski definition) is 2. The summed E-state index contributed by atoms with van der Waals surface area (Å²) in [6, 6.07) is 0. The van der Waals surface area contributed by atoms with Crippen molar-refractivity contribution >= 4 is 41.7 Å². The Bertz CT molecular complexity index is 274. The Labute approximate surface area is 132 Å². The van der Waals surface area contributed by atoms with Gasteiger partial charge in [-0.15, -0.1) is 24.0 Å². The maximum absolute atomic E-state index is 9.56. The summed E-state index contributed by atoms with van der Waals surface area (Å²) in [5.74, 6) is 0.936. The minimum absolute atomic E-state index is 0. The van der Waals surface area contributed by atoms with Crippen molar-refractivity contribution in [1.29, 1.82) is 0 Å². The summed E-state index contributed by atoms with van der Waals surface area (Å²) >= 11 is 1.83. The second kappa shape index (κ2) is 8.47. The van der Waals surface area contributed by atoms with Crippen molar-refractivity contribution in [2.24, 2.45) is 4.99 Å². The zero-order valence-electron chi connectivity index (χ0n) is 11.8. The predicted molar refractivity (Wildman–Crippen MR) is 91.2 cm³/mol. The van der Waals surface area contributed by atoms with Gasteiger partial charge in [-0.25, -0.2) is 0 Å². The molecule has 0 unspecified atom stereocenters. The van der Waals surface area contributed by atoms with Gasteiger partial charge >= 0.3 is 0 Å². The topological polar surface area (TPSA) is 47.9 Å². The number of aliphatic hydroxyl groups excluding tert-OH is 1. The summed E-state index contributed by atoms with van der Waals surface area (Å²) in [7, 11) is 0. The van der Waals surface area contributed by atoms with Gasteiger partial charge in [0.1, 0.15) is 0 Å². The maximum Gasteiger partial charge on any atom is 0.194 e. The van der Waals surface area contributed by atoms with Crippen LogP contribution in [0.2, 0.25) is 0 Å². The molecule has 1 fully saturated rings. The highest BCUT2D eigenvalue weighted by Gasteiger charge is 2.23. The zero-order valence-corrected chi connectivity index (χ0v) is 14.9. The smallest absolute Gasteiger partial charge is 0.194 e. The van der Waals surface area contributed by atoms with Crippen LogP contribution in [0.4, 0.5) is 0 Å². The molecule has 0 aromatic heterocycles. The molecule has 0 spiro atoms. The number of hydrogen-bond acceptors (Lipinski definition) is 3. The largest absolute Gasteiger partial charge is 0.391 e. The second-order valence-corrected chi connectivity index (χ2v) is 6.54. The number of nitrogens with one attached hydrogen (secondary N) is 1. The number of halogens is 1. The lowest BCUT2D eigenvalue weighted by molar-refractivity contribution is 0.188. The molecule has 1 aliphatic heterocycles. The molecule has 0 bridgehead atoms. The molecule has 0 aliphatic carbocycles. The lowest BCUT2D eigenvalue weighted by Crippen LogP contribution is -2.41. The molecule has 1 aliphatic rings. The molecule has 0 amide bonds.